The molecule has 0 saturated heterocycles. The Morgan fingerprint density at radius 1 is 1.29 bits per heavy atom. The van der Waals surface area contributed by atoms with Crippen molar-refractivity contribution >= 4 is 13.4 Å². The Hall–Kier alpha value is -1.69. The fourth-order valence-corrected chi connectivity index (χ4v) is 5.16. The highest BCUT2D eigenvalue weighted by Gasteiger charge is 2.27. The van der Waals surface area contributed by atoms with Gasteiger partial charge in [0.15, 0.2) is 0 Å². The Balaban J connectivity index is 2.01. The Kier molecular flexibility index (Phi) is 8.67. The van der Waals surface area contributed by atoms with Crippen LogP contribution in [0.4, 0.5) is 4.39 Å². The quantitative estimate of drug-likeness (QED) is 0.543. The number of benzene rings is 1. The molecular formula is C20H31FN3O3P. The summed E-state index contributed by atoms with van der Waals surface area (Å²) in [6.07, 6.45) is 2.29. The van der Waals surface area contributed by atoms with Gasteiger partial charge >= 0.3 is 0 Å². The van der Waals surface area contributed by atoms with E-state index in [0.717, 1.165) is 5.56 Å². The first-order chi connectivity index (χ1) is 13.5. The van der Waals surface area contributed by atoms with Crippen molar-refractivity contribution in [2.75, 3.05) is 38.9 Å². The summed E-state index contributed by atoms with van der Waals surface area (Å²) in [6, 6.07) is 5.37. The van der Waals surface area contributed by atoms with E-state index >= 15 is 0 Å². The highest BCUT2D eigenvalue weighted by atomic mass is 31.2. The van der Waals surface area contributed by atoms with Crippen LogP contribution >= 0.6 is 7.44 Å². The first-order valence-corrected chi connectivity index (χ1v) is 11.8. The third-order valence-corrected chi connectivity index (χ3v) is 7.27. The first-order valence-electron chi connectivity index (χ1n) is 9.88. The van der Waals surface area contributed by atoms with Crippen LogP contribution in [-0.4, -0.2) is 49.8 Å². The van der Waals surface area contributed by atoms with Crippen LogP contribution in [0, 0.1) is 0 Å². The van der Waals surface area contributed by atoms with Crippen LogP contribution in [-0.2, 0) is 11.0 Å². The molecule has 0 atom stereocenters. The lowest BCUT2D eigenvalue weighted by Gasteiger charge is -2.30. The molecule has 8 heteroatoms. The van der Waals surface area contributed by atoms with E-state index < -0.39 is 7.44 Å². The highest BCUT2D eigenvalue weighted by molar-refractivity contribution is 7.59. The summed E-state index contributed by atoms with van der Waals surface area (Å²) in [5.41, 5.74) is 2.17. The number of fused-ring (bicyclic) bond motifs is 1. The van der Waals surface area contributed by atoms with Gasteiger partial charge in [-0.25, -0.2) is 4.39 Å². The summed E-state index contributed by atoms with van der Waals surface area (Å²) in [7, 11) is -2.68. The Bertz CT molecular complexity index is 744. The third-order valence-electron chi connectivity index (χ3n) is 4.79. The fraction of sp³-hybridized carbons (Fsp3) is 0.550. The lowest BCUT2D eigenvalue weighted by Crippen LogP contribution is -2.40. The van der Waals surface area contributed by atoms with Gasteiger partial charge in [0.25, 0.3) is 5.91 Å². The minimum absolute atomic E-state index is 0.0507. The molecule has 0 fully saturated rings. The summed E-state index contributed by atoms with van der Waals surface area (Å²) in [5, 5.41) is 6.06. The number of carbonyl (C=O) groups is 1. The summed E-state index contributed by atoms with van der Waals surface area (Å²) in [5.74, 6) is 0.585. The van der Waals surface area contributed by atoms with Gasteiger partial charge in [-0.2, -0.15) is 0 Å². The molecule has 1 heterocycles. The molecule has 1 aliphatic heterocycles. The predicted octanol–water partition coefficient (Wildman–Crippen LogP) is 3.74. The molecule has 1 amide bonds. The highest BCUT2D eigenvalue weighted by Crippen LogP contribution is 2.35. The van der Waals surface area contributed by atoms with Gasteiger partial charge < -0.3 is 9.64 Å². The van der Waals surface area contributed by atoms with E-state index in [4.69, 9.17) is 4.74 Å². The number of halogens is 1. The van der Waals surface area contributed by atoms with Gasteiger partial charge in [0.2, 0.25) is 7.44 Å². The number of ether oxygens (including phenoxy) is 1. The van der Waals surface area contributed by atoms with Crippen LogP contribution in [0.15, 0.2) is 30.1 Å². The van der Waals surface area contributed by atoms with Crippen LogP contribution in [0.2, 0.25) is 0 Å². The second-order valence-corrected chi connectivity index (χ2v) is 9.32. The average Bonchev–Trinajstić information content (AvgIpc) is 2.68. The van der Waals surface area contributed by atoms with Gasteiger partial charge in [-0.3, -0.25) is 19.5 Å². The minimum atomic E-state index is -2.68. The number of nitrogens with one attached hydrogen (secondary N) is 2. The van der Waals surface area contributed by atoms with Gasteiger partial charge in [-0.05, 0) is 55.3 Å². The molecule has 2 rings (SSSR count). The number of hydrogen-bond donors (Lipinski definition) is 2. The second kappa shape index (κ2) is 10.7. The van der Waals surface area contributed by atoms with Crippen molar-refractivity contribution in [1.82, 2.24) is 15.1 Å². The number of amides is 1. The normalized spacial score (nSPS) is 14.9. The van der Waals surface area contributed by atoms with Gasteiger partial charge in [-0.1, -0.05) is 20.8 Å². The molecule has 1 aromatic rings. The monoisotopic (exact) mass is 411 g/mol. The van der Waals surface area contributed by atoms with Gasteiger partial charge in [0.1, 0.15) is 12.4 Å². The van der Waals surface area contributed by atoms with E-state index in [1.54, 1.807) is 17.0 Å². The first kappa shape index (κ1) is 22.6. The summed E-state index contributed by atoms with van der Waals surface area (Å²) < 4.78 is 31.1. The SMILES string of the molecule is CCNP(=O)(CCN1CCc2cc(OCC(=CF)CC)ccc2C1=O)NCC. The van der Waals surface area contributed by atoms with Gasteiger partial charge in [0.05, 0.1) is 6.33 Å². The molecule has 1 aliphatic rings. The summed E-state index contributed by atoms with van der Waals surface area (Å²) in [4.78, 5) is 14.6. The van der Waals surface area contributed by atoms with Crippen molar-refractivity contribution in [3.63, 3.8) is 0 Å². The van der Waals surface area contributed by atoms with Gasteiger partial charge in [-0.15, -0.1) is 0 Å². The topological polar surface area (TPSA) is 70.7 Å². The molecule has 0 unspecified atom stereocenters. The zero-order valence-corrected chi connectivity index (χ0v) is 17.9. The fourth-order valence-electron chi connectivity index (χ4n) is 3.19. The molecule has 156 valence electrons. The molecular weight excluding hydrogens is 380 g/mol. The molecule has 6 nitrogen and oxygen atoms in total. The third kappa shape index (κ3) is 5.90. The van der Waals surface area contributed by atoms with Crippen molar-refractivity contribution in [3.05, 3.63) is 41.2 Å². The second-order valence-electron chi connectivity index (χ2n) is 6.76. The largest absolute Gasteiger partial charge is 0.489 e. The van der Waals surface area contributed by atoms with Crippen LogP contribution < -0.4 is 14.9 Å². The zero-order chi connectivity index (χ0) is 20.6. The van der Waals surface area contributed by atoms with Crippen LogP contribution in [0.5, 0.6) is 5.75 Å². The number of hydrogen-bond acceptors (Lipinski definition) is 3. The lowest BCUT2D eigenvalue weighted by atomic mass is 9.99. The molecule has 0 spiro atoms. The van der Waals surface area contributed by atoms with E-state index in [1.165, 1.54) is 0 Å². The van der Waals surface area contributed by atoms with E-state index in [-0.39, 0.29) is 12.5 Å². The van der Waals surface area contributed by atoms with Gasteiger partial charge in [0, 0.05) is 24.8 Å². The van der Waals surface area contributed by atoms with Crippen molar-refractivity contribution in [3.8, 4) is 5.75 Å². The predicted molar refractivity (Wildman–Crippen MR) is 111 cm³/mol. The molecule has 2 N–H and O–H groups in total. The van der Waals surface area contributed by atoms with Crippen LogP contribution in [0.25, 0.3) is 0 Å². The maximum atomic E-state index is 12.8. The van der Waals surface area contributed by atoms with Crippen molar-refractivity contribution in [2.45, 2.75) is 33.6 Å². The van der Waals surface area contributed by atoms with Crippen LogP contribution in [0.1, 0.15) is 43.1 Å². The lowest BCUT2D eigenvalue weighted by molar-refractivity contribution is 0.0750. The number of nitrogens with zero attached hydrogens (tertiary/aromatic N) is 1. The Morgan fingerprint density at radius 2 is 2.00 bits per heavy atom. The molecule has 0 radical (unpaired) electrons. The number of carbonyl (C=O) groups excluding carboxylic acids is 1. The summed E-state index contributed by atoms with van der Waals surface area (Å²) in [6.45, 7) is 8.16. The van der Waals surface area contributed by atoms with E-state index in [1.807, 2.05) is 26.8 Å². The maximum absolute atomic E-state index is 12.8. The van der Waals surface area contributed by atoms with Crippen molar-refractivity contribution in [1.29, 1.82) is 0 Å². The molecule has 0 aromatic heterocycles. The Labute approximate surface area is 167 Å². The molecule has 0 aliphatic carbocycles. The summed E-state index contributed by atoms with van der Waals surface area (Å²) >= 11 is 0. The van der Waals surface area contributed by atoms with E-state index in [2.05, 4.69) is 10.2 Å². The van der Waals surface area contributed by atoms with E-state index in [0.29, 0.717) is 68.4 Å². The van der Waals surface area contributed by atoms with Crippen molar-refractivity contribution < 1.29 is 18.5 Å². The number of rotatable bonds is 11. The zero-order valence-electron chi connectivity index (χ0n) is 17.0. The maximum Gasteiger partial charge on any atom is 0.254 e. The standard InChI is InChI=1S/C20H31FN3O3P/c1-4-16(14-21)15-27-18-7-8-19-17(13-18)9-10-24(20(19)25)11-12-28(26,22-5-2)23-6-3/h7-8,13-14H,4-6,9-12,15H2,1-3H3,(H2,22,23,26). The average molecular weight is 411 g/mol. The minimum Gasteiger partial charge on any atom is -0.489 e. The van der Waals surface area contributed by atoms with E-state index in [9.17, 15) is 13.8 Å². The Morgan fingerprint density at radius 3 is 2.61 bits per heavy atom. The van der Waals surface area contributed by atoms with Crippen molar-refractivity contribution in [2.24, 2.45) is 0 Å². The smallest absolute Gasteiger partial charge is 0.254 e. The molecule has 0 saturated carbocycles. The van der Waals surface area contributed by atoms with Crippen LogP contribution in [0.3, 0.4) is 0 Å². The molecule has 1 aromatic carbocycles. The molecule has 0 bridgehead atoms. The molecule has 28 heavy (non-hydrogen) atoms.